The zero-order valence-corrected chi connectivity index (χ0v) is 15.6. The Morgan fingerprint density at radius 3 is 2.31 bits per heavy atom. The number of nitrogens with one attached hydrogen (secondary N) is 1. The fourth-order valence-corrected chi connectivity index (χ4v) is 3.67. The second-order valence-corrected chi connectivity index (χ2v) is 7.07. The smallest absolute Gasteiger partial charge is 0.335 e. The van der Waals surface area contributed by atoms with E-state index in [1.807, 2.05) is 13.8 Å². The van der Waals surface area contributed by atoms with E-state index in [1.54, 1.807) is 19.1 Å². The minimum atomic E-state index is -3.97. The number of anilines is 1. The number of ether oxygens (including phenoxy) is 2. The van der Waals surface area contributed by atoms with Gasteiger partial charge < -0.3 is 14.6 Å². The normalized spacial score (nSPS) is 11.0. The second kappa shape index (κ2) is 8.09. The lowest BCUT2D eigenvalue weighted by molar-refractivity contribution is 0.0696. The van der Waals surface area contributed by atoms with Crippen LogP contribution in [0.3, 0.4) is 0 Å². The number of benzene rings is 2. The first-order chi connectivity index (χ1) is 12.3. The van der Waals surface area contributed by atoms with Crippen molar-refractivity contribution in [3.63, 3.8) is 0 Å². The van der Waals surface area contributed by atoms with Gasteiger partial charge in [0.2, 0.25) is 0 Å². The highest BCUT2D eigenvalue weighted by Gasteiger charge is 2.20. The number of carbonyl (C=O) groups is 1. The summed E-state index contributed by atoms with van der Waals surface area (Å²) < 4.78 is 38.8. The average Bonchev–Trinajstić information content (AvgIpc) is 2.57. The van der Waals surface area contributed by atoms with Crippen LogP contribution in [0.2, 0.25) is 0 Å². The van der Waals surface area contributed by atoms with Gasteiger partial charge in [0.1, 0.15) is 0 Å². The Morgan fingerprint density at radius 2 is 1.69 bits per heavy atom. The molecule has 7 nitrogen and oxygen atoms in total. The van der Waals surface area contributed by atoms with Crippen LogP contribution in [0.1, 0.15) is 29.8 Å². The SMILES string of the molecule is CCOc1ccc(NS(=O)(=O)c2cc(C(=O)O)ccc2C)cc1OCC. The summed E-state index contributed by atoms with van der Waals surface area (Å²) in [6, 6.07) is 8.66. The predicted molar refractivity (Wildman–Crippen MR) is 97.7 cm³/mol. The molecule has 0 fully saturated rings. The monoisotopic (exact) mass is 379 g/mol. The molecule has 2 N–H and O–H groups in total. The van der Waals surface area contributed by atoms with E-state index in [-0.39, 0.29) is 16.1 Å². The highest BCUT2D eigenvalue weighted by Crippen LogP contribution is 2.32. The van der Waals surface area contributed by atoms with Gasteiger partial charge >= 0.3 is 5.97 Å². The van der Waals surface area contributed by atoms with Gasteiger partial charge in [0, 0.05) is 6.07 Å². The third-order valence-electron chi connectivity index (χ3n) is 3.52. The summed E-state index contributed by atoms with van der Waals surface area (Å²) in [5.74, 6) is -0.256. The minimum Gasteiger partial charge on any atom is -0.490 e. The second-order valence-electron chi connectivity index (χ2n) is 5.42. The quantitative estimate of drug-likeness (QED) is 0.730. The third-order valence-corrected chi connectivity index (χ3v) is 5.04. The number of rotatable bonds is 8. The topological polar surface area (TPSA) is 102 Å². The van der Waals surface area contributed by atoms with Crippen LogP contribution in [0.4, 0.5) is 5.69 Å². The molecule has 0 radical (unpaired) electrons. The van der Waals surface area contributed by atoms with Gasteiger partial charge in [-0.15, -0.1) is 0 Å². The molecule has 2 aromatic rings. The zero-order chi connectivity index (χ0) is 19.3. The van der Waals surface area contributed by atoms with Crippen LogP contribution in [0.5, 0.6) is 11.5 Å². The molecule has 0 saturated carbocycles. The Hall–Kier alpha value is -2.74. The van der Waals surface area contributed by atoms with E-state index in [4.69, 9.17) is 14.6 Å². The van der Waals surface area contributed by atoms with Crippen molar-refractivity contribution in [2.45, 2.75) is 25.7 Å². The van der Waals surface area contributed by atoms with Crippen molar-refractivity contribution in [2.24, 2.45) is 0 Å². The fourth-order valence-electron chi connectivity index (χ4n) is 2.35. The maximum atomic E-state index is 12.7. The number of hydrogen-bond donors (Lipinski definition) is 2. The van der Waals surface area contributed by atoms with Gasteiger partial charge in [-0.3, -0.25) is 4.72 Å². The van der Waals surface area contributed by atoms with Gasteiger partial charge in [0.05, 0.1) is 29.4 Å². The van der Waals surface area contributed by atoms with E-state index >= 15 is 0 Å². The Kier molecular flexibility index (Phi) is 6.10. The van der Waals surface area contributed by atoms with Gasteiger partial charge in [0.25, 0.3) is 10.0 Å². The van der Waals surface area contributed by atoms with E-state index < -0.39 is 16.0 Å². The molecular formula is C18H21NO6S. The highest BCUT2D eigenvalue weighted by molar-refractivity contribution is 7.92. The van der Waals surface area contributed by atoms with Gasteiger partial charge in [0.15, 0.2) is 11.5 Å². The van der Waals surface area contributed by atoms with Crippen LogP contribution in [0.25, 0.3) is 0 Å². The number of aromatic carboxylic acids is 1. The molecule has 140 valence electrons. The van der Waals surface area contributed by atoms with Gasteiger partial charge in [-0.25, -0.2) is 13.2 Å². The third kappa shape index (κ3) is 4.45. The lowest BCUT2D eigenvalue weighted by Crippen LogP contribution is -2.15. The average molecular weight is 379 g/mol. The van der Waals surface area contributed by atoms with Gasteiger partial charge in [-0.05, 0) is 50.6 Å². The summed E-state index contributed by atoms with van der Waals surface area (Å²) >= 11 is 0. The largest absolute Gasteiger partial charge is 0.490 e. The molecule has 2 rings (SSSR count). The first-order valence-corrected chi connectivity index (χ1v) is 9.53. The summed E-state index contributed by atoms with van der Waals surface area (Å²) in [7, 11) is -3.97. The summed E-state index contributed by atoms with van der Waals surface area (Å²) in [5.41, 5.74) is 0.633. The fraction of sp³-hybridized carbons (Fsp3) is 0.278. The van der Waals surface area contributed by atoms with E-state index in [9.17, 15) is 13.2 Å². The number of carboxylic acid groups (broad SMARTS) is 1. The standard InChI is InChI=1S/C18H21NO6S/c1-4-24-15-9-8-14(11-16(15)25-5-2)19-26(22,23)17-10-13(18(20)21)7-6-12(17)3/h6-11,19H,4-5H2,1-3H3,(H,20,21). The predicted octanol–water partition coefficient (Wildman–Crippen LogP) is 3.29. The van der Waals surface area contributed by atoms with E-state index in [0.717, 1.165) is 6.07 Å². The van der Waals surface area contributed by atoms with Crippen molar-refractivity contribution < 1.29 is 27.8 Å². The Labute approximate surface area is 152 Å². The molecule has 0 amide bonds. The molecule has 0 atom stereocenters. The molecule has 0 aliphatic carbocycles. The zero-order valence-electron chi connectivity index (χ0n) is 14.8. The maximum Gasteiger partial charge on any atom is 0.335 e. The van der Waals surface area contributed by atoms with Gasteiger partial charge in [-0.2, -0.15) is 0 Å². The molecule has 0 heterocycles. The number of sulfonamides is 1. The van der Waals surface area contributed by atoms with E-state index in [1.165, 1.54) is 18.2 Å². The van der Waals surface area contributed by atoms with Crippen molar-refractivity contribution in [1.82, 2.24) is 0 Å². The van der Waals surface area contributed by atoms with Crippen LogP contribution in [-0.4, -0.2) is 32.7 Å². The first-order valence-electron chi connectivity index (χ1n) is 8.05. The Morgan fingerprint density at radius 1 is 1.04 bits per heavy atom. The van der Waals surface area contributed by atoms with Gasteiger partial charge in [-0.1, -0.05) is 6.07 Å². The lowest BCUT2D eigenvalue weighted by Gasteiger charge is -2.14. The van der Waals surface area contributed by atoms with Crippen LogP contribution in [-0.2, 0) is 10.0 Å². The molecule has 2 aromatic carbocycles. The van der Waals surface area contributed by atoms with Crippen LogP contribution in [0, 0.1) is 6.92 Å². The number of aryl methyl sites for hydroxylation is 1. The molecule has 0 aliphatic heterocycles. The maximum absolute atomic E-state index is 12.7. The van der Waals surface area contributed by atoms with Crippen molar-refractivity contribution in [1.29, 1.82) is 0 Å². The number of carboxylic acids is 1. The summed E-state index contributed by atoms with van der Waals surface area (Å²) in [4.78, 5) is 11.0. The van der Waals surface area contributed by atoms with Crippen molar-refractivity contribution >= 4 is 21.7 Å². The first kappa shape index (κ1) is 19.6. The van der Waals surface area contributed by atoms with E-state index in [0.29, 0.717) is 30.3 Å². The summed E-state index contributed by atoms with van der Waals surface area (Å²) in [6.07, 6.45) is 0. The van der Waals surface area contributed by atoms with Crippen LogP contribution >= 0.6 is 0 Å². The molecule has 0 spiro atoms. The molecule has 8 heteroatoms. The van der Waals surface area contributed by atoms with Crippen molar-refractivity contribution in [3.8, 4) is 11.5 Å². The Bertz CT molecular complexity index is 908. The van der Waals surface area contributed by atoms with Crippen molar-refractivity contribution in [2.75, 3.05) is 17.9 Å². The Balaban J connectivity index is 2.39. The van der Waals surface area contributed by atoms with Crippen molar-refractivity contribution in [3.05, 3.63) is 47.5 Å². The lowest BCUT2D eigenvalue weighted by atomic mass is 10.1. The molecule has 0 aliphatic rings. The number of hydrogen-bond acceptors (Lipinski definition) is 5. The van der Waals surface area contributed by atoms with Crippen LogP contribution < -0.4 is 14.2 Å². The molecule has 26 heavy (non-hydrogen) atoms. The summed E-state index contributed by atoms with van der Waals surface area (Å²) in [5, 5.41) is 9.09. The summed E-state index contributed by atoms with van der Waals surface area (Å²) in [6.45, 7) is 6.10. The van der Waals surface area contributed by atoms with E-state index in [2.05, 4.69) is 4.72 Å². The minimum absolute atomic E-state index is 0.0933. The molecule has 0 saturated heterocycles. The van der Waals surface area contributed by atoms with Crippen LogP contribution in [0.15, 0.2) is 41.3 Å². The molecule has 0 unspecified atom stereocenters. The molecule has 0 aromatic heterocycles. The molecular weight excluding hydrogens is 358 g/mol. The highest BCUT2D eigenvalue weighted by atomic mass is 32.2. The molecule has 0 bridgehead atoms.